The van der Waals surface area contributed by atoms with Gasteiger partial charge in [-0.25, -0.2) is 0 Å². The van der Waals surface area contributed by atoms with Crippen LogP contribution in [0.3, 0.4) is 0 Å². The Morgan fingerprint density at radius 2 is 1.95 bits per heavy atom. The number of nitrogens with zero attached hydrogens (tertiary/aromatic N) is 2. The first-order chi connectivity index (χ1) is 9.97. The van der Waals surface area contributed by atoms with Gasteiger partial charge in [-0.2, -0.15) is 4.99 Å². The standard InChI is InChI=1S/C15H13ClN2OS2/c1-8-4-5-10-13(9(8)2)18(3)15(21-10)17-14(19)11-6-7-12(16)20-11/h4-7H,1-3H3. The monoisotopic (exact) mass is 336 g/mol. The molecule has 0 saturated carbocycles. The molecule has 0 saturated heterocycles. The molecule has 0 aliphatic heterocycles. The lowest BCUT2D eigenvalue weighted by atomic mass is 10.1. The van der Waals surface area contributed by atoms with Crippen LogP contribution in [0.2, 0.25) is 4.34 Å². The number of thiophene rings is 1. The van der Waals surface area contributed by atoms with Crippen molar-refractivity contribution in [2.45, 2.75) is 13.8 Å². The van der Waals surface area contributed by atoms with E-state index >= 15 is 0 Å². The molecule has 6 heteroatoms. The van der Waals surface area contributed by atoms with Crippen LogP contribution in [0.15, 0.2) is 29.3 Å². The SMILES string of the molecule is Cc1ccc2sc(=NC(=O)c3ccc(Cl)s3)n(C)c2c1C. The van der Waals surface area contributed by atoms with Gasteiger partial charge in [-0.15, -0.1) is 11.3 Å². The zero-order valence-corrected chi connectivity index (χ0v) is 14.2. The number of rotatable bonds is 1. The summed E-state index contributed by atoms with van der Waals surface area (Å²) < 4.78 is 3.72. The molecule has 1 aromatic carbocycles. The minimum Gasteiger partial charge on any atom is -0.319 e. The molecule has 0 spiro atoms. The van der Waals surface area contributed by atoms with E-state index in [9.17, 15) is 4.79 Å². The van der Waals surface area contributed by atoms with E-state index in [0.29, 0.717) is 14.0 Å². The van der Waals surface area contributed by atoms with Crippen molar-refractivity contribution in [2.75, 3.05) is 0 Å². The number of halogens is 1. The minimum atomic E-state index is -0.247. The van der Waals surface area contributed by atoms with E-state index in [-0.39, 0.29) is 5.91 Å². The number of hydrogen-bond donors (Lipinski definition) is 0. The summed E-state index contributed by atoms with van der Waals surface area (Å²) in [7, 11) is 1.94. The summed E-state index contributed by atoms with van der Waals surface area (Å²) >= 11 is 8.64. The Bertz CT molecular complexity index is 918. The number of fused-ring (bicyclic) bond motifs is 1. The number of amides is 1. The van der Waals surface area contributed by atoms with E-state index in [1.807, 2.05) is 11.6 Å². The third kappa shape index (κ3) is 2.57. The number of carbonyl (C=O) groups excluding carboxylic acids is 1. The van der Waals surface area contributed by atoms with Crippen LogP contribution in [0.1, 0.15) is 20.8 Å². The Morgan fingerprint density at radius 1 is 1.19 bits per heavy atom. The first-order valence-electron chi connectivity index (χ1n) is 6.37. The van der Waals surface area contributed by atoms with E-state index in [1.54, 1.807) is 12.1 Å². The average Bonchev–Trinajstić information content (AvgIpc) is 3.00. The Labute approximate surface area is 135 Å². The zero-order chi connectivity index (χ0) is 15.1. The molecule has 0 aliphatic carbocycles. The second-order valence-corrected chi connectivity index (χ2v) is 7.54. The first-order valence-corrected chi connectivity index (χ1v) is 8.38. The number of carbonyl (C=O) groups is 1. The molecule has 0 radical (unpaired) electrons. The Morgan fingerprint density at radius 3 is 2.62 bits per heavy atom. The molecule has 21 heavy (non-hydrogen) atoms. The molecule has 2 aromatic heterocycles. The van der Waals surface area contributed by atoms with Crippen molar-refractivity contribution in [1.29, 1.82) is 0 Å². The van der Waals surface area contributed by atoms with Crippen molar-refractivity contribution in [3.05, 3.63) is 49.4 Å². The van der Waals surface area contributed by atoms with Crippen LogP contribution in [0.4, 0.5) is 0 Å². The van der Waals surface area contributed by atoms with Crippen LogP contribution < -0.4 is 4.80 Å². The lowest BCUT2D eigenvalue weighted by Gasteiger charge is -2.03. The van der Waals surface area contributed by atoms with E-state index in [2.05, 4.69) is 31.0 Å². The van der Waals surface area contributed by atoms with Crippen LogP contribution in [0.5, 0.6) is 0 Å². The van der Waals surface area contributed by atoms with Gasteiger partial charge in [0, 0.05) is 7.05 Å². The number of aryl methyl sites for hydroxylation is 3. The second-order valence-electron chi connectivity index (χ2n) is 4.82. The maximum absolute atomic E-state index is 12.2. The quantitative estimate of drug-likeness (QED) is 0.652. The van der Waals surface area contributed by atoms with Crippen molar-refractivity contribution in [3.8, 4) is 0 Å². The van der Waals surface area contributed by atoms with Crippen LogP contribution >= 0.6 is 34.3 Å². The summed E-state index contributed by atoms with van der Waals surface area (Å²) in [6.45, 7) is 4.18. The van der Waals surface area contributed by atoms with Gasteiger partial charge < -0.3 is 4.57 Å². The van der Waals surface area contributed by atoms with Gasteiger partial charge in [-0.1, -0.05) is 29.0 Å². The van der Waals surface area contributed by atoms with Crippen molar-refractivity contribution < 1.29 is 4.79 Å². The molecule has 0 fully saturated rings. The maximum atomic E-state index is 12.2. The van der Waals surface area contributed by atoms with Crippen LogP contribution in [-0.4, -0.2) is 10.5 Å². The molecule has 108 valence electrons. The second kappa shape index (κ2) is 5.40. The summed E-state index contributed by atoms with van der Waals surface area (Å²) in [6, 6.07) is 7.60. The Balaban J connectivity index is 2.17. The van der Waals surface area contributed by atoms with Gasteiger partial charge in [0.05, 0.1) is 19.4 Å². The Kier molecular flexibility index (Phi) is 3.73. The average molecular weight is 337 g/mol. The van der Waals surface area contributed by atoms with Gasteiger partial charge in [0.15, 0.2) is 4.80 Å². The largest absolute Gasteiger partial charge is 0.319 e. The minimum absolute atomic E-state index is 0.247. The number of thiazole rings is 1. The van der Waals surface area contributed by atoms with Gasteiger partial charge in [-0.3, -0.25) is 4.79 Å². The highest BCUT2D eigenvalue weighted by atomic mass is 35.5. The third-order valence-corrected chi connectivity index (χ3v) is 5.79. The third-order valence-electron chi connectivity index (χ3n) is 3.47. The van der Waals surface area contributed by atoms with E-state index in [0.717, 1.165) is 10.2 Å². The molecule has 3 rings (SSSR count). The van der Waals surface area contributed by atoms with Gasteiger partial charge in [0.25, 0.3) is 5.91 Å². The fraction of sp³-hybridized carbons (Fsp3) is 0.200. The molecule has 2 heterocycles. The number of aromatic nitrogens is 1. The molecular weight excluding hydrogens is 324 g/mol. The maximum Gasteiger partial charge on any atom is 0.289 e. The fourth-order valence-corrected chi connectivity index (χ4v) is 4.21. The fourth-order valence-electron chi connectivity index (χ4n) is 2.21. The van der Waals surface area contributed by atoms with E-state index in [1.165, 1.54) is 33.8 Å². The molecule has 1 amide bonds. The van der Waals surface area contributed by atoms with Crippen molar-refractivity contribution in [1.82, 2.24) is 4.57 Å². The van der Waals surface area contributed by atoms with E-state index in [4.69, 9.17) is 11.6 Å². The van der Waals surface area contributed by atoms with Gasteiger partial charge >= 0.3 is 0 Å². The summed E-state index contributed by atoms with van der Waals surface area (Å²) in [6.07, 6.45) is 0. The summed E-state index contributed by atoms with van der Waals surface area (Å²) in [5, 5.41) is 0. The van der Waals surface area contributed by atoms with Crippen LogP contribution in [0.25, 0.3) is 10.2 Å². The molecule has 0 N–H and O–H groups in total. The smallest absolute Gasteiger partial charge is 0.289 e. The summed E-state index contributed by atoms with van der Waals surface area (Å²) in [5.41, 5.74) is 3.59. The van der Waals surface area contributed by atoms with E-state index < -0.39 is 0 Å². The highest BCUT2D eigenvalue weighted by Crippen LogP contribution is 2.24. The lowest BCUT2D eigenvalue weighted by molar-refractivity contribution is 0.100. The number of benzene rings is 1. The lowest BCUT2D eigenvalue weighted by Crippen LogP contribution is -2.13. The highest BCUT2D eigenvalue weighted by molar-refractivity contribution is 7.18. The van der Waals surface area contributed by atoms with Gasteiger partial charge in [0.2, 0.25) is 0 Å². The first kappa shape index (κ1) is 14.5. The molecule has 3 aromatic rings. The van der Waals surface area contributed by atoms with Gasteiger partial charge in [-0.05, 0) is 43.2 Å². The Hall–Kier alpha value is -1.43. The topological polar surface area (TPSA) is 34.4 Å². The summed E-state index contributed by atoms with van der Waals surface area (Å²) in [5.74, 6) is -0.247. The molecule has 0 atom stereocenters. The van der Waals surface area contributed by atoms with Crippen LogP contribution in [0, 0.1) is 13.8 Å². The number of hydrogen-bond acceptors (Lipinski definition) is 3. The van der Waals surface area contributed by atoms with Crippen molar-refractivity contribution in [3.63, 3.8) is 0 Å². The zero-order valence-electron chi connectivity index (χ0n) is 11.8. The molecular formula is C15H13ClN2OS2. The van der Waals surface area contributed by atoms with Crippen molar-refractivity contribution in [2.24, 2.45) is 12.0 Å². The van der Waals surface area contributed by atoms with Gasteiger partial charge in [0.1, 0.15) is 0 Å². The van der Waals surface area contributed by atoms with Crippen LogP contribution in [-0.2, 0) is 7.05 Å². The molecule has 0 aliphatic rings. The summed E-state index contributed by atoms with van der Waals surface area (Å²) in [4.78, 5) is 17.7. The molecule has 0 bridgehead atoms. The molecule has 0 unspecified atom stereocenters. The van der Waals surface area contributed by atoms with Crippen molar-refractivity contribution >= 4 is 50.4 Å². The normalized spacial score (nSPS) is 12.3. The molecule has 3 nitrogen and oxygen atoms in total. The predicted molar refractivity (Wildman–Crippen MR) is 89.5 cm³/mol. The highest BCUT2D eigenvalue weighted by Gasteiger charge is 2.11. The predicted octanol–water partition coefficient (Wildman–Crippen LogP) is 4.31.